The summed E-state index contributed by atoms with van der Waals surface area (Å²) in [7, 11) is 1.41. The predicted octanol–water partition coefficient (Wildman–Crippen LogP) is 2.19. The van der Waals surface area contributed by atoms with Crippen molar-refractivity contribution in [1.82, 2.24) is 9.97 Å². The van der Waals surface area contributed by atoms with Crippen molar-refractivity contribution in [3.8, 4) is 5.88 Å². The summed E-state index contributed by atoms with van der Waals surface area (Å²) in [5.41, 5.74) is 0.0816. The molecular formula is C13H10F2N2O2. The van der Waals surface area contributed by atoms with E-state index in [1.54, 1.807) is 0 Å². The van der Waals surface area contributed by atoms with Crippen LogP contribution in [0.4, 0.5) is 8.78 Å². The van der Waals surface area contributed by atoms with E-state index < -0.39 is 17.4 Å². The third-order valence-corrected chi connectivity index (χ3v) is 2.52. The first-order chi connectivity index (χ1) is 9.11. The molecule has 0 radical (unpaired) electrons. The normalized spacial score (nSPS) is 10.3. The molecule has 4 nitrogen and oxygen atoms in total. The maximum Gasteiger partial charge on any atom is 0.216 e. The first kappa shape index (κ1) is 13.1. The number of carbonyl (C=O) groups excluding carboxylic acids is 1. The van der Waals surface area contributed by atoms with E-state index in [0.29, 0.717) is 0 Å². The van der Waals surface area contributed by atoms with Crippen molar-refractivity contribution < 1.29 is 18.3 Å². The average molecular weight is 264 g/mol. The Labute approximate surface area is 108 Å². The largest absolute Gasteiger partial charge is 0.481 e. The minimum absolute atomic E-state index is 0.0115. The molecule has 1 aromatic carbocycles. The number of hydrogen-bond donors (Lipinski definition) is 0. The van der Waals surface area contributed by atoms with Gasteiger partial charge in [0.2, 0.25) is 5.88 Å². The molecule has 0 bridgehead atoms. The first-order valence-electron chi connectivity index (χ1n) is 5.44. The minimum atomic E-state index is -1.02. The Morgan fingerprint density at radius 3 is 2.84 bits per heavy atom. The van der Waals surface area contributed by atoms with Gasteiger partial charge in [-0.1, -0.05) is 12.1 Å². The van der Waals surface area contributed by atoms with E-state index in [0.717, 1.165) is 6.07 Å². The van der Waals surface area contributed by atoms with Gasteiger partial charge in [-0.3, -0.25) is 4.79 Å². The van der Waals surface area contributed by atoms with Gasteiger partial charge in [-0.15, -0.1) is 0 Å². The zero-order valence-electron chi connectivity index (χ0n) is 10.1. The molecular weight excluding hydrogens is 254 g/mol. The highest BCUT2D eigenvalue weighted by Crippen LogP contribution is 2.14. The lowest BCUT2D eigenvalue weighted by molar-refractivity contribution is 0.0986. The molecule has 19 heavy (non-hydrogen) atoms. The molecule has 0 aliphatic rings. The molecule has 6 heteroatoms. The molecule has 98 valence electrons. The monoisotopic (exact) mass is 264 g/mol. The number of hydrogen-bond acceptors (Lipinski definition) is 4. The molecule has 0 aliphatic carbocycles. The zero-order chi connectivity index (χ0) is 13.8. The lowest BCUT2D eigenvalue weighted by Crippen LogP contribution is -2.08. The van der Waals surface area contributed by atoms with Gasteiger partial charge in [0.05, 0.1) is 7.11 Å². The van der Waals surface area contributed by atoms with Crippen molar-refractivity contribution in [3.63, 3.8) is 0 Å². The van der Waals surface area contributed by atoms with Crippen molar-refractivity contribution in [2.75, 3.05) is 7.11 Å². The van der Waals surface area contributed by atoms with Crippen LogP contribution in [0.1, 0.15) is 16.1 Å². The fraction of sp³-hybridized carbons (Fsp3) is 0.154. The SMILES string of the molecule is COc1cc(C(=O)Cc2cccc(F)c2F)ncn1. The van der Waals surface area contributed by atoms with E-state index in [1.165, 1.54) is 31.6 Å². The van der Waals surface area contributed by atoms with Crippen LogP contribution in [0.3, 0.4) is 0 Å². The molecule has 0 amide bonds. The fourth-order valence-electron chi connectivity index (χ4n) is 1.55. The molecule has 0 unspecified atom stereocenters. The molecule has 2 aromatic rings. The van der Waals surface area contributed by atoms with Gasteiger partial charge >= 0.3 is 0 Å². The van der Waals surface area contributed by atoms with E-state index in [4.69, 9.17) is 4.74 Å². The zero-order valence-corrected chi connectivity index (χ0v) is 10.1. The molecule has 0 spiro atoms. The van der Waals surface area contributed by atoms with Gasteiger partial charge in [0.25, 0.3) is 0 Å². The fourth-order valence-corrected chi connectivity index (χ4v) is 1.55. The molecule has 0 saturated heterocycles. The van der Waals surface area contributed by atoms with Crippen LogP contribution in [0, 0.1) is 11.6 Å². The molecule has 0 aliphatic heterocycles. The number of ether oxygens (including phenoxy) is 1. The average Bonchev–Trinajstić information content (AvgIpc) is 2.44. The van der Waals surface area contributed by atoms with Crippen LogP contribution in [0.25, 0.3) is 0 Å². The third-order valence-electron chi connectivity index (χ3n) is 2.52. The second-order valence-corrected chi connectivity index (χ2v) is 3.76. The Kier molecular flexibility index (Phi) is 3.79. The number of halogens is 2. The molecule has 1 aromatic heterocycles. The molecule has 2 rings (SSSR count). The van der Waals surface area contributed by atoms with Crippen molar-refractivity contribution in [2.24, 2.45) is 0 Å². The Hall–Kier alpha value is -2.37. The van der Waals surface area contributed by atoms with Crippen molar-refractivity contribution in [1.29, 1.82) is 0 Å². The summed E-state index contributed by atoms with van der Waals surface area (Å²) in [6, 6.07) is 5.05. The molecule has 0 fully saturated rings. The standard InChI is InChI=1S/C13H10F2N2O2/c1-19-12-6-10(16-7-17-12)11(18)5-8-3-2-4-9(14)13(8)15/h2-4,6-7H,5H2,1H3. The number of nitrogens with zero attached hydrogens (tertiary/aromatic N) is 2. The topological polar surface area (TPSA) is 52.1 Å². The van der Waals surface area contributed by atoms with E-state index >= 15 is 0 Å². The number of Topliss-reactive ketones (excluding diaryl/α,β-unsaturated/α-hetero) is 1. The van der Waals surface area contributed by atoms with Crippen LogP contribution in [-0.4, -0.2) is 22.9 Å². The van der Waals surface area contributed by atoms with E-state index in [1.807, 2.05) is 0 Å². The molecule has 0 N–H and O–H groups in total. The highest BCUT2D eigenvalue weighted by atomic mass is 19.2. The summed E-state index contributed by atoms with van der Waals surface area (Å²) < 4.78 is 31.3. The smallest absolute Gasteiger partial charge is 0.216 e. The number of carbonyl (C=O) groups is 1. The number of methoxy groups -OCH3 is 1. The van der Waals surface area contributed by atoms with Gasteiger partial charge in [0.1, 0.15) is 12.0 Å². The highest BCUT2D eigenvalue weighted by Gasteiger charge is 2.14. The van der Waals surface area contributed by atoms with E-state index in [-0.39, 0.29) is 23.6 Å². The summed E-state index contributed by atoms with van der Waals surface area (Å²) in [6.07, 6.45) is 0.901. The first-order valence-corrected chi connectivity index (χ1v) is 5.44. The summed E-state index contributed by atoms with van der Waals surface area (Å²) in [5, 5.41) is 0. The quantitative estimate of drug-likeness (QED) is 0.794. The van der Waals surface area contributed by atoms with Crippen LogP contribution >= 0.6 is 0 Å². The summed E-state index contributed by atoms with van der Waals surface area (Å²) in [6.45, 7) is 0. The van der Waals surface area contributed by atoms with Crippen LogP contribution < -0.4 is 4.74 Å². The Morgan fingerprint density at radius 2 is 2.11 bits per heavy atom. The van der Waals surface area contributed by atoms with Gasteiger partial charge < -0.3 is 4.74 Å². The van der Waals surface area contributed by atoms with Crippen LogP contribution in [-0.2, 0) is 6.42 Å². The lowest BCUT2D eigenvalue weighted by Gasteiger charge is -2.04. The molecule has 1 heterocycles. The van der Waals surface area contributed by atoms with Gasteiger partial charge in [-0.2, -0.15) is 0 Å². The van der Waals surface area contributed by atoms with Crippen molar-refractivity contribution in [3.05, 3.63) is 53.5 Å². The minimum Gasteiger partial charge on any atom is -0.481 e. The van der Waals surface area contributed by atoms with Crippen LogP contribution in [0.2, 0.25) is 0 Å². The maximum atomic E-state index is 13.4. The number of rotatable bonds is 4. The molecule has 0 atom stereocenters. The maximum absolute atomic E-state index is 13.4. The van der Waals surface area contributed by atoms with Crippen molar-refractivity contribution >= 4 is 5.78 Å². The Balaban J connectivity index is 2.23. The number of ketones is 1. The highest BCUT2D eigenvalue weighted by molar-refractivity contribution is 5.95. The number of benzene rings is 1. The second kappa shape index (κ2) is 5.51. The second-order valence-electron chi connectivity index (χ2n) is 3.76. The molecule has 0 saturated carbocycles. The van der Waals surface area contributed by atoms with Gasteiger partial charge in [0, 0.05) is 12.5 Å². The lowest BCUT2D eigenvalue weighted by atomic mass is 10.1. The Bertz CT molecular complexity index is 617. The van der Waals surface area contributed by atoms with E-state index in [2.05, 4.69) is 9.97 Å². The van der Waals surface area contributed by atoms with Gasteiger partial charge in [-0.25, -0.2) is 18.7 Å². The summed E-state index contributed by atoms with van der Waals surface area (Å²) in [4.78, 5) is 19.4. The summed E-state index contributed by atoms with van der Waals surface area (Å²) in [5.74, 6) is -2.20. The van der Waals surface area contributed by atoms with Gasteiger partial charge in [0.15, 0.2) is 17.4 Å². The predicted molar refractivity (Wildman–Crippen MR) is 63.0 cm³/mol. The van der Waals surface area contributed by atoms with Crippen LogP contribution in [0.15, 0.2) is 30.6 Å². The summed E-state index contributed by atoms with van der Waals surface area (Å²) >= 11 is 0. The van der Waals surface area contributed by atoms with E-state index in [9.17, 15) is 13.6 Å². The van der Waals surface area contributed by atoms with Crippen molar-refractivity contribution in [2.45, 2.75) is 6.42 Å². The van der Waals surface area contributed by atoms with Gasteiger partial charge in [-0.05, 0) is 11.6 Å². The Morgan fingerprint density at radius 1 is 1.32 bits per heavy atom. The number of aromatic nitrogens is 2. The third kappa shape index (κ3) is 2.90. The van der Waals surface area contributed by atoms with Crippen LogP contribution in [0.5, 0.6) is 5.88 Å².